The lowest BCUT2D eigenvalue weighted by atomic mass is 10.2. The molecule has 5 heteroatoms. The van der Waals surface area contributed by atoms with Crippen LogP contribution >= 0.6 is 0 Å². The number of nitrogens with zero attached hydrogens (tertiary/aromatic N) is 4. The van der Waals surface area contributed by atoms with Gasteiger partial charge < -0.3 is 4.42 Å². The number of hydrazone groups is 1. The van der Waals surface area contributed by atoms with Gasteiger partial charge in [0.2, 0.25) is 0 Å². The van der Waals surface area contributed by atoms with Crippen LogP contribution in [0.5, 0.6) is 0 Å². The molecule has 0 saturated heterocycles. The monoisotopic (exact) mass is 454 g/mol. The van der Waals surface area contributed by atoms with Crippen LogP contribution in [0.1, 0.15) is 5.56 Å². The molecule has 0 radical (unpaired) electrons. The van der Waals surface area contributed by atoms with E-state index >= 15 is 0 Å². The van der Waals surface area contributed by atoms with Crippen molar-refractivity contribution in [3.63, 3.8) is 0 Å². The average Bonchev–Trinajstić information content (AvgIpc) is 3.55. The number of para-hydroxylation sites is 4. The minimum Gasteiger partial charge on any atom is -0.454 e. The van der Waals surface area contributed by atoms with E-state index in [0.29, 0.717) is 5.76 Å². The first-order chi connectivity index (χ1) is 17.3. The number of anilines is 2. The number of aromatic nitrogens is 2. The third-order valence-electron chi connectivity index (χ3n) is 5.74. The first kappa shape index (κ1) is 20.7. The molecule has 0 saturated carbocycles. The molecule has 0 amide bonds. The fraction of sp³-hybridized carbons (Fsp3) is 0. The zero-order valence-corrected chi connectivity index (χ0v) is 18.9. The quantitative estimate of drug-likeness (QED) is 0.194. The molecule has 0 aliphatic heterocycles. The van der Waals surface area contributed by atoms with Gasteiger partial charge in [0.25, 0.3) is 0 Å². The summed E-state index contributed by atoms with van der Waals surface area (Å²) in [6, 6.07) is 40.2. The van der Waals surface area contributed by atoms with Gasteiger partial charge in [-0.15, -0.1) is 0 Å². The molecule has 168 valence electrons. The smallest absolute Gasteiger partial charge is 0.156 e. The fourth-order valence-electron chi connectivity index (χ4n) is 4.03. The molecule has 0 aliphatic carbocycles. The Morgan fingerprint density at radius 3 is 1.97 bits per heavy atom. The van der Waals surface area contributed by atoms with E-state index in [0.717, 1.165) is 39.3 Å². The first-order valence-corrected chi connectivity index (χ1v) is 11.4. The molecule has 0 bridgehead atoms. The topological polar surface area (TPSA) is 46.6 Å². The number of hydrogen-bond donors (Lipinski definition) is 0. The van der Waals surface area contributed by atoms with Crippen molar-refractivity contribution in [1.82, 2.24) is 9.78 Å². The van der Waals surface area contributed by atoms with E-state index in [2.05, 4.69) is 0 Å². The maximum absolute atomic E-state index is 6.17. The van der Waals surface area contributed by atoms with Gasteiger partial charge >= 0.3 is 0 Å². The Balaban J connectivity index is 1.47. The summed E-state index contributed by atoms with van der Waals surface area (Å²) in [6.07, 6.45) is 3.82. The van der Waals surface area contributed by atoms with E-state index in [1.165, 1.54) is 0 Å². The molecule has 2 heterocycles. The lowest BCUT2D eigenvalue weighted by Crippen LogP contribution is -2.09. The standard InChI is InChI=1S/C30H22N4O/c1-4-13-25(14-5-1)33-22-24(30(32-33)29-20-23-12-10-11-19-28(23)35-29)21-31-34(26-15-6-2-7-16-26)27-17-8-3-9-18-27/h1-22H/b31-21+. The normalized spacial score (nSPS) is 11.3. The van der Waals surface area contributed by atoms with E-state index in [1.807, 2.05) is 143 Å². The van der Waals surface area contributed by atoms with Gasteiger partial charge in [-0.05, 0) is 48.5 Å². The van der Waals surface area contributed by atoms with Crippen LogP contribution in [0, 0.1) is 0 Å². The molecule has 5 nitrogen and oxygen atoms in total. The van der Waals surface area contributed by atoms with Crippen molar-refractivity contribution in [2.75, 3.05) is 5.01 Å². The second-order valence-electron chi connectivity index (χ2n) is 8.09. The highest BCUT2D eigenvalue weighted by molar-refractivity contribution is 5.91. The first-order valence-electron chi connectivity index (χ1n) is 11.4. The zero-order chi connectivity index (χ0) is 23.5. The van der Waals surface area contributed by atoms with Crippen LogP contribution in [0.2, 0.25) is 0 Å². The zero-order valence-electron chi connectivity index (χ0n) is 18.9. The third kappa shape index (κ3) is 4.23. The SMILES string of the molecule is C(=N\N(c1ccccc1)c1ccccc1)/c1cn(-c2ccccc2)nc1-c1cc2ccccc2o1. The molecule has 6 rings (SSSR count). The average molecular weight is 455 g/mol. The highest BCUT2D eigenvalue weighted by atomic mass is 16.3. The van der Waals surface area contributed by atoms with Crippen molar-refractivity contribution in [1.29, 1.82) is 0 Å². The van der Waals surface area contributed by atoms with Gasteiger partial charge in [0.15, 0.2) is 5.76 Å². The summed E-state index contributed by atoms with van der Waals surface area (Å²) in [7, 11) is 0. The lowest BCUT2D eigenvalue weighted by molar-refractivity contribution is 0.627. The fourth-order valence-corrected chi connectivity index (χ4v) is 4.03. The molecule has 6 aromatic rings. The van der Waals surface area contributed by atoms with E-state index < -0.39 is 0 Å². The maximum Gasteiger partial charge on any atom is 0.156 e. The molecular formula is C30H22N4O. The van der Waals surface area contributed by atoms with Gasteiger partial charge in [-0.3, -0.25) is 0 Å². The van der Waals surface area contributed by atoms with Crippen molar-refractivity contribution in [2.24, 2.45) is 5.10 Å². The van der Waals surface area contributed by atoms with E-state index in [4.69, 9.17) is 14.6 Å². The molecule has 0 aliphatic rings. The Labute approximate surface area is 203 Å². The summed E-state index contributed by atoms with van der Waals surface area (Å²) in [4.78, 5) is 0. The highest BCUT2D eigenvalue weighted by Gasteiger charge is 2.16. The minimum absolute atomic E-state index is 0.702. The van der Waals surface area contributed by atoms with E-state index in [9.17, 15) is 0 Å². The number of fused-ring (bicyclic) bond motifs is 1. The number of rotatable bonds is 6. The summed E-state index contributed by atoms with van der Waals surface area (Å²) in [5.41, 5.74) is 5.31. The van der Waals surface area contributed by atoms with Crippen molar-refractivity contribution >= 4 is 28.6 Å². The molecule has 0 fully saturated rings. The highest BCUT2D eigenvalue weighted by Crippen LogP contribution is 2.30. The molecule has 2 aromatic heterocycles. The molecule has 0 N–H and O–H groups in total. The second-order valence-corrected chi connectivity index (χ2v) is 8.09. The maximum atomic E-state index is 6.17. The second kappa shape index (κ2) is 9.15. The van der Waals surface area contributed by atoms with E-state index in [1.54, 1.807) is 0 Å². The molecular weight excluding hydrogens is 432 g/mol. The summed E-state index contributed by atoms with van der Waals surface area (Å²) >= 11 is 0. The Morgan fingerprint density at radius 1 is 0.714 bits per heavy atom. The Morgan fingerprint density at radius 2 is 1.31 bits per heavy atom. The van der Waals surface area contributed by atoms with Gasteiger partial charge in [-0.25, -0.2) is 9.69 Å². The molecule has 0 spiro atoms. The minimum atomic E-state index is 0.702. The van der Waals surface area contributed by atoms with Crippen LogP contribution < -0.4 is 5.01 Å². The van der Waals surface area contributed by atoms with Crippen LogP contribution in [-0.2, 0) is 0 Å². The summed E-state index contributed by atoms with van der Waals surface area (Å²) < 4.78 is 8.03. The van der Waals surface area contributed by atoms with Crippen molar-refractivity contribution in [3.8, 4) is 17.1 Å². The van der Waals surface area contributed by atoms with Gasteiger partial charge in [-0.2, -0.15) is 10.2 Å². The summed E-state index contributed by atoms with van der Waals surface area (Å²) in [6.45, 7) is 0. The number of furan rings is 1. The van der Waals surface area contributed by atoms with Crippen molar-refractivity contribution in [3.05, 3.63) is 133 Å². The molecule has 0 unspecified atom stereocenters. The van der Waals surface area contributed by atoms with Gasteiger partial charge in [-0.1, -0.05) is 72.8 Å². The lowest BCUT2D eigenvalue weighted by Gasteiger charge is -2.19. The van der Waals surface area contributed by atoms with Crippen LogP contribution in [0.3, 0.4) is 0 Å². The largest absolute Gasteiger partial charge is 0.454 e. The predicted octanol–water partition coefficient (Wildman–Crippen LogP) is 7.46. The van der Waals surface area contributed by atoms with Gasteiger partial charge in [0, 0.05) is 17.1 Å². The Kier molecular flexibility index (Phi) is 5.41. The van der Waals surface area contributed by atoms with Gasteiger partial charge in [0.1, 0.15) is 11.3 Å². The van der Waals surface area contributed by atoms with Crippen molar-refractivity contribution in [2.45, 2.75) is 0 Å². The molecule has 0 atom stereocenters. The van der Waals surface area contributed by atoms with Crippen molar-refractivity contribution < 1.29 is 4.42 Å². The van der Waals surface area contributed by atoms with Crippen LogP contribution in [-0.4, -0.2) is 16.0 Å². The Hall–Kier alpha value is -4.90. The van der Waals surface area contributed by atoms with Crippen LogP contribution in [0.25, 0.3) is 28.1 Å². The predicted molar refractivity (Wildman–Crippen MR) is 141 cm³/mol. The summed E-state index contributed by atoms with van der Waals surface area (Å²) in [5.74, 6) is 0.702. The van der Waals surface area contributed by atoms with Crippen LogP contribution in [0.4, 0.5) is 11.4 Å². The summed E-state index contributed by atoms with van der Waals surface area (Å²) in [5, 5.41) is 12.7. The number of hydrogen-bond acceptors (Lipinski definition) is 4. The Bertz CT molecular complexity index is 1510. The number of benzene rings is 4. The molecule has 35 heavy (non-hydrogen) atoms. The van der Waals surface area contributed by atoms with E-state index in [-0.39, 0.29) is 0 Å². The van der Waals surface area contributed by atoms with Gasteiger partial charge in [0.05, 0.1) is 23.3 Å². The third-order valence-corrected chi connectivity index (χ3v) is 5.74. The van der Waals surface area contributed by atoms with Crippen LogP contribution in [0.15, 0.2) is 137 Å². The molecule has 4 aromatic carbocycles.